The van der Waals surface area contributed by atoms with Gasteiger partial charge in [0, 0.05) is 11.1 Å². The van der Waals surface area contributed by atoms with Crippen molar-refractivity contribution in [1.82, 2.24) is 0 Å². The molecular formula is C32H29NO3. The van der Waals surface area contributed by atoms with Crippen molar-refractivity contribution in [1.29, 1.82) is 0 Å². The molecule has 4 rings (SSSR count). The van der Waals surface area contributed by atoms with E-state index in [9.17, 15) is 9.90 Å². The molecule has 0 spiro atoms. The first kappa shape index (κ1) is 24.8. The minimum Gasteiger partial charge on any atom is -0.459 e. The summed E-state index contributed by atoms with van der Waals surface area (Å²) in [7, 11) is 0. The molecule has 4 aromatic carbocycles. The van der Waals surface area contributed by atoms with E-state index in [4.69, 9.17) is 9.73 Å². The molecule has 1 unspecified atom stereocenters. The predicted octanol–water partition coefficient (Wildman–Crippen LogP) is 6.10. The topological polar surface area (TPSA) is 58.9 Å². The van der Waals surface area contributed by atoms with Crippen LogP contribution in [-0.4, -0.2) is 29.4 Å². The van der Waals surface area contributed by atoms with E-state index in [0.29, 0.717) is 6.42 Å². The first-order valence-electron chi connectivity index (χ1n) is 12.0. The average Bonchev–Trinajstić information content (AvgIpc) is 2.95. The molecule has 0 aromatic heterocycles. The van der Waals surface area contributed by atoms with Gasteiger partial charge >= 0.3 is 5.97 Å². The number of aliphatic hydroxyl groups excluding tert-OH is 1. The Bertz CT molecular complexity index is 1240. The number of carbonyl (C=O) groups excluding carboxylic acids is 1. The lowest BCUT2D eigenvalue weighted by Crippen LogP contribution is -2.23. The molecule has 0 aliphatic carbocycles. The number of aliphatic imine (C=N–C) groups is 1. The van der Waals surface area contributed by atoms with Gasteiger partial charge in [-0.15, -0.1) is 0 Å². The number of hydrogen-bond donors (Lipinski definition) is 1. The average molecular weight is 476 g/mol. The van der Waals surface area contributed by atoms with Crippen LogP contribution in [-0.2, 0) is 16.1 Å². The standard InChI is InChI=1S/C32H29NO3/c34-23-29(26-15-7-2-8-16-26)21-22-30(32(35)36-24-25-13-5-1-6-14-25)33-31(27-17-9-3-10-18-27)28-19-11-4-12-20-28/h1-21,30,34H,22-24H2/b29-21+. The molecule has 4 heteroatoms. The minimum atomic E-state index is -0.783. The maximum atomic E-state index is 13.3. The van der Waals surface area contributed by atoms with E-state index in [-0.39, 0.29) is 13.2 Å². The summed E-state index contributed by atoms with van der Waals surface area (Å²) in [5.41, 5.74) is 5.12. The van der Waals surface area contributed by atoms with Crippen molar-refractivity contribution >= 4 is 17.3 Å². The van der Waals surface area contributed by atoms with Gasteiger partial charge in [0.2, 0.25) is 0 Å². The third-order valence-corrected chi connectivity index (χ3v) is 5.78. The van der Waals surface area contributed by atoms with E-state index in [1.165, 1.54) is 0 Å². The molecular weight excluding hydrogens is 446 g/mol. The van der Waals surface area contributed by atoms with Crippen LogP contribution in [0.25, 0.3) is 5.57 Å². The number of rotatable bonds is 10. The number of ether oxygens (including phenoxy) is 1. The molecule has 4 aromatic rings. The zero-order valence-corrected chi connectivity index (χ0v) is 20.0. The second-order valence-corrected chi connectivity index (χ2v) is 8.31. The molecule has 0 heterocycles. The number of benzene rings is 4. The fourth-order valence-electron chi connectivity index (χ4n) is 3.87. The molecule has 0 amide bonds. The number of hydrogen-bond acceptors (Lipinski definition) is 4. The second kappa shape index (κ2) is 13.0. The largest absolute Gasteiger partial charge is 0.459 e. The van der Waals surface area contributed by atoms with Crippen LogP contribution in [0.3, 0.4) is 0 Å². The van der Waals surface area contributed by atoms with Crippen LogP contribution in [0.2, 0.25) is 0 Å². The Balaban J connectivity index is 1.69. The summed E-state index contributed by atoms with van der Waals surface area (Å²) in [6.45, 7) is 0.0384. The normalized spacial score (nSPS) is 12.0. The summed E-state index contributed by atoms with van der Waals surface area (Å²) in [6, 6.07) is 38.1. The number of carbonyl (C=O) groups is 1. The van der Waals surface area contributed by atoms with Crippen molar-refractivity contribution in [2.45, 2.75) is 19.1 Å². The zero-order chi connectivity index (χ0) is 25.0. The van der Waals surface area contributed by atoms with Crippen LogP contribution in [0.4, 0.5) is 0 Å². The van der Waals surface area contributed by atoms with Gasteiger partial charge in [-0.1, -0.05) is 127 Å². The van der Waals surface area contributed by atoms with Crippen LogP contribution in [0.5, 0.6) is 0 Å². The Morgan fingerprint density at radius 3 is 1.69 bits per heavy atom. The van der Waals surface area contributed by atoms with Crippen molar-refractivity contribution < 1.29 is 14.6 Å². The SMILES string of the molecule is O=C(OCc1ccccc1)C(C/C=C(\CO)c1ccccc1)N=C(c1ccccc1)c1ccccc1. The maximum absolute atomic E-state index is 13.3. The van der Waals surface area contributed by atoms with Crippen LogP contribution in [0, 0.1) is 0 Å². The first-order valence-corrected chi connectivity index (χ1v) is 12.0. The summed E-state index contributed by atoms with van der Waals surface area (Å²) in [5.74, 6) is -0.412. The smallest absolute Gasteiger partial charge is 0.331 e. The van der Waals surface area contributed by atoms with Crippen molar-refractivity contribution in [3.8, 4) is 0 Å². The Hall–Kier alpha value is -4.28. The second-order valence-electron chi connectivity index (χ2n) is 8.31. The Kier molecular flexibility index (Phi) is 8.95. The van der Waals surface area contributed by atoms with E-state index in [1.807, 2.05) is 127 Å². The number of esters is 1. The molecule has 0 radical (unpaired) electrons. The molecule has 1 atom stereocenters. The molecule has 36 heavy (non-hydrogen) atoms. The lowest BCUT2D eigenvalue weighted by molar-refractivity contribution is -0.146. The predicted molar refractivity (Wildman–Crippen MR) is 145 cm³/mol. The van der Waals surface area contributed by atoms with Crippen molar-refractivity contribution in [3.63, 3.8) is 0 Å². The van der Waals surface area contributed by atoms with Gasteiger partial charge in [0.25, 0.3) is 0 Å². The van der Waals surface area contributed by atoms with Crippen molar-refractivity contribution in [3.05, 3.63) is 150 Å². The summed E-state index contributed by atoms with van der Waals surface area (Å²) in [5, 5.41) is 10.0. The minimum absolute atomic E-state index is 0.135. The number of aliphatic hydroxyl groups is 1. The molecule has 0 bridgehead atoms. The first-order chi connectivity index (χ1) is 17.7. The van der Waals surface area contributed by atoms with E-state index in [0.717, 1.165) is 33.5 Å². The third-order valence-electron chi connectivity index (χ3n) is 5.78. The summed E-state index contributed by atoms with van der Waals surface area (Å²) in [4.78, 5) is 18.3. The quantitative estimate of drug-likeness (QED) is 0.223. The molecule has 4 nitrogen and oxygen atoms in total. The highest BCUT2D eigenvalue weighted by molar-refractivity contribution is 6.13. The lowest BCUT2D eigenvalue weighted by Gasteiger charge is -2.15. The van der Waals surface area contributed by atoms with E-state index < -0.39 is 12.0 Å². The van der Waals surface area contributed by atoms with Gasteiger partial charge in [-0.05, 0) is 23.1 Å². The maximum Gasteiger partial charge on any atom is 0.331 e. The van der Waals surface area contributed by atoms with Gasteiger partial charge in [-0.3, -0.25) is 4.99 Å². The fraction of sp³-hybridized carbons (Fsp3) is 0.125. The molecule has 0 fully saturated rings. The highest BCUT2D eigenvalue weighted by Gasteiger charge is 2.21. The van der Waals surface area contributed by atoms with Crippen molar-refractivity contribution in [2.24, 2.45) is 4.99 Å². The molecule has 0 saturated heterocycles. The molecule has 0 saturated carbocycles. The molecule has 180 valence electrons. The van der Waals surface area contributed by atoms with Gasteiger partial charge in [0.1, 0.15) is 6.61 Å². The molecule has 0 aliphatic heterocycles. The Morgan fingerprint density at radius 1 is 0.722 bits per heavy atom. The molecule has 1 N–H and O–H groups in total. The van der Waals surface area contributed by atoms with E-state index in [1.54, 1.807) is 0 Å². The summed E-state index contributed by atoms with van der Waals surface area (Å²) in [6.07, 6.45) is 2.17. The van der Waals surface area contributed by atoms with Crippen LogP contribution < -0.4 is 0 Å². The van der Waals surface area contributed by atoms with Gasteiger partial charge in [0.05, 0.1) is 12.3 Å². The lowest BCUT2D eigenvalue weighted by atomic mass is 10.0. The van der Waals surface area contributed by atoms with Gasteiger partial charge in [-0.2, -0.15) is 0 Å². The summed E-state index contributed by atoms with van der Waals surface area (Å²) >= 11 is 0. The number of nitrogens with zero attached hydrogens (tertiary/aromatic N) is 1. The highest BCUT2D eigenvalue weighted by Crippen LogP contribution is 2.19. The fourth-order valence-corrected chi connectivity index (χ4v) is 3.87. The van der Waals surface area contributed by atoms with Crippen LogP contribution in [0.15, 0.2) is 132 Å². The van der Waals surface area contributed by atoms with Gasteiger partial charge in [0.15, 0.2) is 6.04 Å². The zero-order valence-electron chi connectivity index (χ0n) is 20.0. The Morgan fingerprint density at radius 2 is 1.19 bits per heavy atom. The monoisotopic (exact) mass is 475 g/mol. The van der Waals surface area contributed by atoms with Crippen molar-refractivity contribution in [2.75, 3.05) is 6.61 Å². The van der Waals surface area contributed by atoms with Gasteiger partial charge < -0.3 is 9.84 Å². The van der Waals surface area contributed by atoms with Crippen LogP contribution in [0.1, 0.15) is 28.7 Å². The van der Waals surface area contributed by atoms with Crippen LogP contribution >= 0.6 is 0 Å². The van der Waals surface area contributed by atoms with E-state index >= 15 is 0 Å². The summed E-state index contributed by atoms with van der Waals surface area (Å²) < 4.78 is 5.70. The third kappa shape index (κ3) is 6.87. The Labute approximate surface area is 212 Å². The van der Waals surface area contributed by atoms with E-state index in [2.05, 4.69) is 0 Å². The van der Waals surface area contributed by atoms with Gasteiger partial charge in [-0.25, -0.2) is 4.79 Å². The highest BCUT2D eigenvalue weighted by atomic mass is 16.5. The molecule has 0 aliphatic rings.